The van der Waals surface area contributed by atoms with Crippen LogP contribution < -0.4 is 5.32 Å². The summed E-state index contributed by atoms with van der Waals surface area (Å²) in [6.07, 6.45) is 8.10. The first-order chi connectivity index (χ1) is 15.8. The highest BCUT2D eigenvalue weighted by Crippen LogP contribution is 2.34. The first kappa shape index (κ1) is 23.9. The Bertz CT molecular complexity index is 1170. The number of carbonyl (C=O) groups excluding carboxylic acids is 1. The van der Waals surface area contributed by atoms with Gasteiger partial charge in [-0.05, 0) is 81.0 Å². The van der Waals surface area contributed by atoms with Gasteiger partial charge in [0.05, 0.1) is 19.7 Å². The van der Waals surface area contributed by atoms with Gasteiger partial charge >= 0.3 is 0 Å². The van der Waals surface area contributed by atoms with Gasteiger partial charge in [-0.15, -0.1) is 11.3 Å². The molecule has 0 spiro atoms. The van der Waals surface area contributed by atoms with Crippen molar-refractivity contribution >= 4 is 37.2 Å². The summed E-state index contributed by atoms with van der Waals surface area (Å²) in [5.74, 6) is 0.332. The van der Waals surface area contributed by atoms with E-state index in [1.165, 1.54) is 11.3 Å². The van der Waals surface area contributed by atoms with Gasteiger partial charge in [-0.3, -0.25) is 9.78 Å². The van der Waals surface area contributed by atoms with Crippen LogP contribution in [0.4, 0.5) is 0 Å². The number of hydrogen-bond donors (Lipinski definition) is 1. The molecule has 1 saturated carbocycles. The molecule has 0 bridgehead atoms. The predicted octanol–water partition coefficient (Wildman–Crippen LogP) is 4.51. The van der Waals surface area contributed by atoms with Crippen molar-refractivity contribution in [1.82, 2.24) is 15.2 Å². The minimum Gasteiger partial charge on any atom is -0.347 e. The van der Waals surface area contributed by atoms with Gasteiger partial charge in [-0.25, -0.2) is 8.42 Å². The second-order valence-corrected chi connectivity index (χ2v) is 12.5. The lowest BCUT2D eigenvalue weighted by Crippen LogP contribution is -2.30. The molecule has 3 aromatic rings. The van der Waals surface area contributed by atoms with E-state index >= 15 is 0 Å². The lowest BCUT2D eigenvalue weighted by atomic mass is 9.86. The number of amides is 1. The molecule has 1 aliphatic carbocycles. The number of benzene rings is 1. The normalized spacial score (nSPS) is 19.1. The molecule has 2 aromatic heterocycles. The van der Waals surface area contributed by atoms with Crippen molar-refractivity contribution in [2.24, 2.45) is 5.92 Å². The van der Waals surface area contributed by atoms with E-state index in [0.29, 0.717) is 22.2 Å². The third kappa shape index (κ3) is 5.80. The van der Waals surface area contributed by atoms with E-state index < -0.39 is 9.84 Å². The second-order valence-electron chi connectivity index (χ2n) is 9.14. The number of rotatable bonds is 8. The van der Waals surface area contributed by atoms with Gasteiger partial charge in [0.15, 0.2) is 9.84 Å². The van der Waals surface area contributed by atoms with Crippen molar-refractivity contribution in [1.29, 1.82) is 0 Å². The highest BCUT2D eigenvalue weighted by atomic mass is 32.2. The molecule has 0 radical (unpaired) electrons. The molecule has 4 rings (SSSR count). The number of hydrogen-bond acceptors (Lipinski definition) is 6. The molecular formula is C25H31N3O3S2. The van der Waals surface area contributed by atoms with Gasteiger partial charge in [-0.1, -0.05) is 25.0 Å². The summed E-state index contributed by atoms with van der Waals surface area (Å²) in [6, 6.07) is 10.7. The molecule has 2 heterocycles. The number of nitrogens with zero attached hydrogens (tertiary/aromatic N) is 2. The highest BCUT2D eigenvalue weighted by Gasteiger charge is 2.32. The molecular weight excluding hydrogens is 454 g/mol. The Labute approximate surface area is 200 Å². The molecule has 2 unspecified atom stereocenters. The molecule has 8 heteroatoms. The standard InChI is InChI=1S/C25H31N3O3S2/c1-28(2)13-11-18-4-3-5-22(14-18)33(30,31)21-8-6-19(7-9-21)16-27-25(29)23-15-20-10-12-26-17-24(20)32-23/h6-10,12,15,17-18,22H,3-5,11,13-14,16H2,1-2H3,(H,27,29). The summed E-state index contributed by atoms with van der Waals surface area (Å²) < 4.78 is 27.4. The molecule has 2 atom stereocenters. The molecule has 1 aliphatic rings. The third-order valence-corrected chi connectivity index (χ3v) is 9.73. The second kappa shape index (κ2) is 10.3. The number of fused-ring (bicyclic) bond motifs is 1. The number of sulfone groups is 1. The van der Waals surface area contributed by atoms with E-state index in [2.05, 4.69) is 29.3 Å². The molecule has 33 heavy (non-hydrogen) atoms. The van der Waals surface area contributed by atoms with Gasteiger partial charge < -0.3 is 10.2 Å². The van der Waals surface area contributed by atoms with E-state index in [-0.39, 0.29) is 11.2 Å². The van der Waals surface area contributed by atoms with Crippen LogP contribution in [0.1, 0.15) is 47.3 Å². The molecule has 0 aliphatic heterocycles. The van der Waals surface area contributed by atoms with Crippen LogP contribution in [0.25, 0.3) is 10.1 Å². The van der Waals surface area contributed by atoms with Crippen molar-refractivity contribution in [3.63, 3.8) is 0 Å². The molecule has 1 amide bonds. The fourth-order valence-electron chi connectivity index (χ4n) is 4.48. The van der Waals surface area contributed by atoms with E-state index in [1.54, 1.807) is 36.7 Å². The summed E-state index contributed by atoms with van der Waals surface area (Å²) in [4.78, 5) is 19.8. The zero-order valence-electron chi connectivity index (χ0n) is 19.2. The summed E-state index contributed by atoms with van der Waals surface area (Å²) in [5, 5.41) is 3.63. The smallest absolute Gasteiger partial charge is 0.261 e. The van der Waals surface area contributed by atoms with Crippen LogP contribution in [-0.4, -0.2) is 50.1 Å². The number of pyridine rings is 1. The lowest BCUT2D eigenvalue weighted by Gasteiger charge is -2.29. The van der Waals surface area contributed by atoms with Crippen LogP contribution in [0, 0.1) is 5.92 Å². The fraction of sp³-hybridized carbons (Fsp3) is 0.440. The first-order valence-electron chi connectivity index (χ1n) is 11.4. The van der Waals surface area contributed by atoms with E-state index in [0.717, 1.165) is 54.3 Å². The average Bonchev–Trinajstić information content (AvgIpc) is 3.26. The maximum Gasteiger partial charge on any atom is 0.261 e. The maximum atomic E-state index is 13.2. The maximum absolute atomic E-state index is 13.2. The Kier molecular flexibility index (Phi) is 7.46. The van der Waals surface area contributed by atoms with Crippen LogP contribution in [0.5, 0.6) is 0 Å². The molecule has 1 N–H and O–H groups in total. The van der Waals surface area contributed by atoms with Crippen LogP contribution in [0.15, 0.2) is 53.7 Å². The molecule has 1 fully saturated rings. The first-order valence-corrected chi connectivity index (χ1v) is 13.8. The number of thiophene rings is 1. The van der Waals surface area contributed by atoms with Gasteiger partial charge in [0.2, 0.25) is 0 Å². The minimum absolute atomic E-state index is 0.140. The molecule has 1 aromatic carbocycles. The Morgan fingerprint density at radius 2 is 1.97 bits per heavy atom. The Morgan fingerprint density at radius 3 is 2.70 bits per heavy atom. The van der Waals surface area contributed by atoms with Gasteiger partial charge in [0, 0.05) is 18.9 Å². The average molecular weight is 486 g/mol. The van der Waals surface area contributed by atoms with Crippen LogP contribution in [0.2, 0.25) is 0 Å². The van der Waals surface area contributed by atoms with E-state index in [4.69, 9.17) is 0 Å². The lowest BCUT2D eigenvalue weighted by molar-refractivity contribution is 0.0955. The Morgan fingerprint density at radius 1 is 1.18 bits per heavy atom. The van der Waals surface area contributed by atoms with Crippen molar-refractivity contribution in [2.75, 3.05) is 20.6 Å². The molecule has 6 nitrogen and oxygen atoms in total. The zero-order valence-corrected chi connectivity index (χ0v) is 20.8. The van der Waals surface area contributed by atoms with E-state index in [1.807, 2.05) is 12.1 Å². The molecule has 176 valence electrons. The Hall–Kier alpha value is -2.29. The van der Waals surface area contributed by atoms with Gasteiger partial charge in [0.25, 0.3) is 5.91 Å². The quantitative estimate of drug-likeness (QED) is 0.508. The predicted molar refractivity (Wildman–Crippen MR) is 133 cm³/mol. The highest BCUT2D eigenvalue weighted by molar-refractivity contribution is 7.92. The zero-order chi connectivity index (χ0) is 23.4. The van der Waals surface area contributed by atoms with Crippen molar-refractivity contribution in [3.8, 4) is 0 Å². The minimum atomic E-state index is -3.34. The van der Waals surface area contributed by atoms with Crippen molar-refractivity contribution < 1.29 is 13.2 Å². The fourth-order valence-corrected chi connectivity index (χ4v) is 7.33. The number of nitrogens with one attached hydrogen (secondary N) is 1. The summed E-state index contributed by atoms with van der Waals surface area (Å²) in [5.41, 5.74) is 0.873. The summed E-state index contributed by atoms with van der Waals surface area (Å²) in [7, 11) is 0.769. The van der Waals surface area contributed by atoms with Gasteiger partial charge in [0.1, 0.15) is 0 Å². The van der Waals surface area contributed by atoms with Crippen molar-refractivity contribution in [3.05, 3.63) is 59.2 Å². The third-order valence-electron chi connectivity index (χ3n) is 6.41. The molecule has 0 saturated heterocycles. The van der Waals surface area contributed by atoms with Gasteiger partial charge in [-0.2, -0.15) is 0 Å². The van der Waals surface area contributed by atoms with E-state index in [9.17, 15) is 13.2 Å². The SMILES string of the molecule is CN(C)CCC1CCCC(S(=O)(=O)c2ccc(CNC(=O)c3cc4ccncc4s3)cc2)C1. The Balaban J connectivity index is 1.36. The topological polar surface area (TPSA) is 79.4 Å². The monoisotopic (exact) mass is 485 g/mol. The number of aromatic nitrogens is 1. The largest absolute Gasteiger partial charge is 0.347 e. The van der Waals surface area contributed by atoms with Crippen LogP contribution in [0.3, 0.4) is 0 Å². The summed E-state index contributed by atoms with van der Waals surface area (Å²) in [6.45, 7) is 1.35. The summed E-state index contributed by atoms with van der Waals surface area (Å²) >= 11 is 1.41. The van der Waals surface area contributed by atoms with Crippen molar-refractivity contribution in [2.45, 2.75) is 48.8 Å². The van der Waals surface area contributed by atoms with Crippen LogP contribution >= 0.6 is 11.3 Å². The van der Waals surface area contributed by atoms with Crippen LogP contribution in [-0.2, 0) is 16.4 Å². The number of carbonyl (C=O) groups is 1.